The lowest BCUT2D eigenvalue weighted by molar-refractivity contribution is 0.0644. The Kier molecular flexibility index (Phi) is 4.57. The summed E-state index contributed by atoms with van der Waals surface area (Å²) in [6.07, 6.45) is 2.98. The molecule has 2 unspecified atom stereocenters. The van der Waals surface area contributed by atoms with Gasteiger partial charge in [0.05, 0.1) is 11.7 Å². The fourth-order valence-electron chi connectivity index (χ4n) is 4.06. The average molecular weight is 344 g/mol. The molecule has 2 aliphatic heterocycles. The normalized spacial score (nSPS) is 25.5. The highest BCUT2D eigenvalue weighted by atomic mass is 32.1. The Morgan fingerprint density at radius 3 is 2.92 bits per heavy atom. The van der Waals surface area contributed by atoms with Crippen LogP contribution in [-0.2, 0) is 0 Å². The Bertz CT molecular complexity index is 729. The molecule has 0 spiro atoms. The molecule has 0 saturated carbocycles. The van der Waals surface area contributed by atoms with Gasteiger partial charge in [0.2, 0.25) is 0 Å². The Morgan fingerprint density at radius 2 is 2.08 bits per heavy atom. The van der Waals surface area contributed by atoms with Crippen LogP contribution in [0, 0.1) is 5.92 Å². The monoisotopic (exact) mass is 344 g/mol. The highest BCUT2D eigenvalue weighted by Gasteiger charge is 2.29. The van der Waals surface area contributed by atoms with Crippen molar-refractivity contribution in [2.24, 2.45) is 5.92 Å². The predicted octanol–water partition coefficient (Wildman–Crippen LogP) is 2.82. The van der Waals surface area contributed by atoms with Crippen molar-refractivity contribution in [2.75, 3.05) is 32.7 Å². The quantitative estimate of drug-likeness (QED) is 0.931. The SMILES string of the molecule is O=C(c1csc2ccccc12)N1CCCC(CN2CCC(O)C2)C1. The number of carbonyl (C=O) groups excluding carboxylic acids is 1. The molecule has 2 aliphatic rings. The van der Waals surface area contributed by atoms with Gasteiger partial charge >= 0.3 is 0 Å². The van der Waals surface area contributed by atoms with Crippen LogP contribution in [0.1, 0.15) is 29.6 Å². The van der Waals surface area contributed by atoms with E-state index >= 15 is 0 Å². The van der Waals surface area contributed by atoms with Crippen LogP contribution in [0.2, 0.25) is 0 Å². The van der Waals surface area contributed by atoms with Crippen molar-refractivity contribution >= 4 is 27.3 Å². The lowest BCUT2D eigenvalue weighted by Gasteiger charge is -2.34. The summed E-state index contributed by atoms with van der Waals surface area (Å²) in [5.74, 6) is 0.705. The van der Waals surface area contributed by atoms with Crippen LogP contribution in [-0.4, -0.2) is 59.6 Å². The van der Waals surface area contributed by atoms with E-state index in [0.717, 1.165) is 56.5 Å². The summed E-state index contributed by atoms with van der Waals surface area (Å²) in [5, 5.41) is 12.8. The van der Waals surface area contributed by atoms with Crippen LogP contribution in [0.5, 0.6) is 0 Å². The third kappa shape index (κ3) is 3.21. The summed E-state index contributed by atoms with van der Waals surface area (Å²) < 4.78 is 1.18. The Labute approximate surface area is 146 Å². The molecular formula is C19H24N2O2S. The van der Waals surface area contributed by atoms with Crippen molar-refractivity contribution in [1.82, 2.24) is 9.80 Å². The minimum absolute atomic E-state index is 0.163. The zero-order valence-corrected chi connectivity index (χ0v) is 14.7. The van der Waals surface area contributed by atoms with E-state index in [1.807, 2.05) is 28.5 Å². The van der Waals surface area contributed by atoms with E-state index in [-0.39, 0.29) is 12.0 Å². The number of piperidine rings is 1. The molecule has 0 radical (unpaired) electrons. The molecule has 3 heterocycles. The number of hydrogen-bond donors (Lipinski definition) is 1. The van der Waals surface area contributed by atoms with Crippen LogP contribution < -0.4 is 0 Å². The molecule has 2 aromatic rings. The number of nitrogens with zero attached hydrogens (tertiary/aromatic N) is 2. The number of aliphatic hydroxyl groups is 1. The van der Waals surface area contributed by atoms with Gasteiger partial charge in [0.15, 0.2) is 0 Å². The molecular weight excluding hydrogens is 320 g/mol. The van der Waals surface area contributed by atoms with Crippen molar-refractivity contribution in [3.63, 3.8) is 0 Å². The first-order chi connectivity index (χ1) is 11.7. The molecule has 4 nitrogen and oxygen atoms in total. The zero-order valence-electron chi connectivity index (χ0n) is 13.9. The fraction of sp³-hybridized carbons (Fsp3) is 0.526. The number of carbonyl (C=O) groups is 1. The molecule has 0 bridgehead atoms. The molecule has 0 aliphatic carbocycles. The van der Waals surface area contributed by atoms with Gasteiger partial charge in [-0.2, -0.15) is 0 Å². The Hall–Kier alpha value is -1.43. The van der Waals surface area contributed by atoms with Gasteiger partial charge in [-0.05, 0) is 31.2 Å². The van der Waals surface area contributed by atoms with E-state index in [0.29, 0.717) is 5.92 Å². The van der Waals surface area contributed by atoms with Gasteiger partial charge in [-0.3, -0.25) is 4.79 Å². The number of thiophene rings is 1. The summed E-state index contributed by atoms with van der Waals surface area (Å²) in [6.45, 7) is 4.49. The smallest absolute Gasteiger partial charge is 0.255 e. The highest BCUT2D eigenvalue weighted by molar-refractivity contribution is 7.17. The van der Waals surface area contributed by atoms with Crippen molar-refractivity contribution < 1.29 is 9.90 Å². The highest BCUT2D eigenvalue weighted by Crippen LogP contribution is 2.28. The van der Waals surface area contributed by atoms with Crippen molar-refractivity contribution in [2.45, 2.75) is 25.4 Å². The van der Waals surface area contributed by atoms with Gasteiger partial charge in [-0.25, -0.2) is 0 Å². The minimum Gasteiger partial charge on any atom is -0.392 e. The van der Waals surface area contributed by atoms with Crippen molar-refractivity contribution in [1.29, 1.82) is 0 Å². The first kappa shape index (κ1) is 16.1. The second kappa shape index (κ2) is 6.82. The zero-order chi connectivity index (χ0) is 16.5. The van der Waals surface area contributed by atoms with Crippen molar-refractivity contribution in [3.8, 4) is 0 Å². The summed E-state index contributed by atoms with van der Waals surface area (Å²) in [7, 11) is 0. The number of benzene rings is 1. The molecule has 5 heteroatoms. The molecule has 1 amide bonds. The number of hydrogen-bond acceptors (Lipinski definition) is 4. The lowest BCUT2D eigenvalue weighted by atomic mass is 9.96. The maximum atomic E-state index is 13.0. The molecule has 1 aromatic carbocycles. The summed E-state index contributed by atoms with van der Waals surface area (Å²) in [5.41, 5.74) is 0.854. The molecule has 24 heavy (non-hydrogen) atoms. The van der Waals surface area contributed by atoms with E-state index in [9.17, 15) is 9.90 Å². The van der Waals surface area contributed by atoms with Gasteiger partial charge in [-0.15, -0.1) is 11.3 Å². The summed E-state index contributed by atoms with van der Waals surface area (Å²) in [4.78, 5) is 17.4. The molecule has 2 atom stereocenters. The Balaban J connectivity index is 1.44. The van der Waals surface area contributed by atoms with Crippen LogP contribution in [0.4, 0.5) is 0 Å². The van der Waals surface area contributed by atoms with Crippen LogP contribution in [0.3, 0.4) is 0 Å². The molecule has 4 rings (SSSR count). The maximum absolute atomic E-state index is 13.0. The van der Waals surface area contributed by atoms with Crippen LogP contribution >= 0.6 is 11.3 Å². The van der Waals surface area contributed by atoms with E-state index in [1.54, 1.807) is 11.3 Å². The number of likely N-dealkylation sites (tertiary alicyclic amines) is 2. The predicted molar refractivity (Wildman–Crippen MR) is 97.5 cm³/mol. The van der Waals surface area contributed by atoms with Gasteiger partial charge in [-0.1, -0.05) is 18.2 Å². The number of β-amino-alcohol motifs (C(OH)–C–C–N with tert-alkyl or cyclic N) is 1. The van der Waals surface area contributed by atoms with Crippen molar-refractivity contribution in [3.05, 3.63) is 35.2 Å². The number of amides is 1. The van der Waals surface area contributed by atoms with E-state index in [4.69, 9.17) is 0 Å². The minimum atomic E-state index is -0.163. The average Bonchev–Trinajstić information content (AvgIpc) is 3.20. The lowest BCUT2D eigenvalue weighted by Crippen LogP contribution is -2.43. The van der Waals surface area contributed by atoms with Crippen LogP contribution in [0.25, 0.3) is 10.1 Å². The van der Waals surface area contributed by atoms with E-state index < -0.39 is 0 Å². The second-order valence-corrected chi connectivity index (χ2v) is 8.02. The molecule has 2 saturated heterocycles. The van der Waals surface area contributed by atoms with Gasteiger partial charge in [0.1, 0.15) is 0 Å². The van der Waals surface area contributed by atoms with Gasteiger partial charge in [0.25, 0.3) is 5.91 Å². The molecule has 2 fully saturated rings. The van der Waals surface area contributed by atoms with E-state index in [2.05, 4.69) is 11.0 Å². The van der Waals surface area contributed by atoms with Crippen LogP contribution in [0.15, 0.2) is 29.6 Å². The summed E-state index contributed by atoms with van der Waals surface area (Å²) >= 11 is 1.65. The third-order valence-corrected chi connectivity index (χ3v) is 6.24. The molecule has 1 N–H and O–H groups in total. The maximum Gasteiger partial charge on any atom is 0.255 e. The standard InChI is InChI=1S/C19H24N2O2S/c22-15-7-9-20(12-15)10-14-4-3-8-21(11-14)19(23)17-13-24-18-6-2-1-5-16(17)18/h1-2,5-6,13-15,22H,3-4,7-12H2. The topological polar surface area (TPSA) is 43.8 Å². The first-order valence-corrected chi connectivity index (χ1v) is 9.74. The molecule has 1 aromatic heterocycles. The molecule has 128 valence electrons. The number of rotatable bonds is 3. The van der Waals surface area contributed by atoms with E-state index in [1.165, 1.54) is 11.1 Å². The fourth-order valence-corrected chi connectivity index (χ4v) is 4.99. The number of aliphatic hydroxyl groups excluding tert-OH is 1. The first-order valence-electron chi connectivity index (χ1n) is 8.86. The Morgan fingerprint density at radius 1 is 1.21 bits per heavy atom. The largest absolute Gasteiger partial charge is 0.392 e. The number of fused-ring (bicyclic) bond motifs is 1. The second-order valence-electron chi connectivity index (χ2n) is 7.11. The van der Waals surface area contributed by atoms with Gasteiger partial charge < -0.3 is 14.9 Å². The van der Waals surface area contributed by atoms with Gasteiger partial charge in [0, 0.05) is 48.2 Å². The third-order valence-electron chi connectivity index (χ3n) is 5.28. The summed E-state index contributed by atoms with van der Waals surface area (Å²) in [6, 6.07) is 8.15.